The third kappa shape index (κ3) is 2.77. The molecule has 2 aromatic carbocycles. The minimum atomic E-state index is 0.198. The van der Waals surface area contributed by atoms with E-state index in [1.165, 1.54) is 0 Å². The molecule has 0 bridgehead atoms. The summed E-state index contributed by atoms with van der Waals surface area (Å²) >= 11 is 5.11. The van der Waals surface area contributed by atoms with E-state index in [0.717, 1.165) is 26.3 Å². The number of H-pyrrole nitrogens is 1. The molecule has 0 radical (unpaired) electrons. The molecule has 0 atom stereocenters. The van der Waals surface area contributed by atoms with E-state index in [-0.39, 0.29) is 5.75 Å². The number of benzene rings is 2. The van der Waals surface area contributed by atoms with Gasteiger partial charge in [-0.3, -0.25) is 0 Å². The quantitative estimate of drug-likeness (QED) is 0.450. The van der Waals surface area contributed by atoms with Crippen molar-refractivity contribution in [3.05, 3.63) is 70.5 Å². The monoisotopic (exact) mass is 396 g/mol. The number of aromatic hydroxyl groups is 1. The van der Waals surface area contributed by atoms with Crippen LogP contribution >= 0.6 is 27.3 Å². The van der Waals surface area contributed by atoms with Crippen LogP contribution in [0.5, 0.6) is 5.75 Å². The molecule has 0 aliphatic rings. The van der Waals surface area contributed by atoms with Gasteiger partial charge in [-0.2, -0.15) is 0 Å². The van der Waals surface area contributed by atoms with Crippen molar-refractivity contribution in [2.24, 2.45) is 0 Å². The molecular formula is C19H13BrN2OS. The van der Waals surface area contributed by atoms with Gasteiger partial charge in [0.05, 0.1) is 21.8 Å². The lowest BCUT2D eigenvalue weighted by Gasteiger charge is -2.01. The van der Waals surface area contributed by atoms with E-state index >= 15 is 0 Å². The topological polar surface area (TPSA) is 48.9 Å². The molecule has 2 aromatic heterocycles. The van der Waals surface area contributed by atoms with Crippen molar-refractivity contribution in [2.45, 2.75) is 0 Å². The van der Waals surface area contributed by atoms with Crippen molar-refractivity contribution < 1.29 is 5.11 Å². The lowest BCUT2D eigenvalue weighted by atomic mass is 10.1. The molecule has 4 rings (SSSR count). The zero-order valence-corrected chi connectivity index (χ0v) is 14.9. The zero-order valence-electron chi connectivity index (χ0n) is 12.5. The van der Waals surface area contributed by atoms with Gasteiger partial charge in [0.15, 0.2) is 0 Å². The third-order valence-corrected chi connectivity index (χ3v) is 5.11. The Morgan fingerprint density at radius 1 is 1.00 bits per heavy atom. The molecule has 0 saturated heterocycles. The SMILES string of the molecule is Oc1ccc(Br)cc1-c1nc(-c2ccccc2)c(-c2cccs2)[nH]1. The van der Waals surface area contributed by atoms with Gasteiger partial charge in [-0.05, 0) is 29.6 Å². The molecule has 0 aliphatic heterocycles. The number of imidazole rings is 1. The van der Waals surface area contributed by atoms with Crippen LogP contribution in [0.15, 0.2) is 70.5 Å². The second kappa shape index (κ2) is 6.26. The van der Waals surface area contributed by atoms with Crippen molar-refractivity contribution >= 4 is 27.3 Å². The molecule has 2 heterocycles. The number of thiophene rings is 1. The molecule has 0 aliphatic carbocycles. The fraction of sp³-hybridized carbons (Fsp3) is 0. The average molecular weight is 397 g/mol. The van der Waals surface area contributed by atoms with Crippen molar-refractivity contribution in [3.8, 4) is 39.0 Å². The van der Waals surface area contributed by atoms with Gasteiger partial charge in [0, 0.05) is 10.0 Å². The smallest absolute Gasteiger partial charge is 0.142 e. The Balaban J connectivity index is 1.93. The summed E-state index contributed by atoms with van der Waals surface area (Å²) < 4.78 is 0.894. The van der Waals surface area contributed by atoms with Crippen LogP contribution in [0, 0.1) is 0 Å². The van der Waals surface area contributed by atoms with Crippen molar-refractivity contribution in [2.75, 3.05) is 0 Å². The lowest BCUT2D eigenvalue weighted by Crippen LogP contribution is -1.82. The summed E-state index contributed by atoms with van der Waals surface area (Å²) in [5.41, 5.74) is 3.56. The summed E-state index contributed by atoms with van der Waals surface area (Å²) in [7, 11) is 0. The largest absolute Gasteiger partial charge is 0.507 e. The Morgan fingerprint density at radius 2 is 1.83 bits per heavy atom. The molecule has 4 aromatic rings. The predicted molar refractivity (Wildman–Crippen MR) is 102 cm³/mol. The Kier molecular flexibility index (Phi) is 3.96. The number of phenols is 1. The second-order valence-electron chi connectivity index (χ2n) is 5.31. The van der Waals surface area contributed by atoms with Gasteiger partial charge in [-0.25, -0.2) is 4.98 Å². The standard InChI is InChI=1S/C19H13BrN2OS/c20-13-8-9-15(23)14(11-13)19-21-17(12-5-2-1-3-6-12)18(22-19)16-7-4-10-24-16/h1-11,23H,(H,21,22). The minimum Gasteiger partial charge on any atom is -0.507 e. The molecular weight excluding hydrogens is 384 g/mol. The molecule has 0 spiro atoms. The number of nitrogens with one attached hydrogen (secondary N) is 1. The van der Waals surface area contributed by atoms with E-state index in [4.69, 9.17) is 4.98 Å². The highest BCUT2D eigenvalue weighted by Gasteiger charge is 2.17. The van der Waals surface area contributed by atoms with Crippen LogP contribution in [0.3, 0.4) is 0 Å². The maximum Gasteiger partial charge on any atom is 0.142 e. The van der Waals surface area contributed by atoms with Crippen molar-refractivity contribution in [1.82, 2.24) is 9.97 Å². The van der Waals surface area contributed by atoms with Crippen LogP contribution in [0.1, 0.15) is 0 Å². The van der Waals surface area contributed by atoms with E-state index in [2.05, 4.69) is 27.0 Å². The van der Waals surface area contributed by atoms with Gasteiger partial charge in [-0.1, -0.05) is 52.3 Å². The van der Waals surface area contributed by atoms with Gasteiger partial charge in [-0.15, -0.1) is 11.3 Å². The summed E-state index contributed by atoms with van der Waals surface area (Å²) in [6.45, 7) is 0. The normalized spacial score (nSPS) is 10.9. The lowest BCUT2D eigenvalue weighted by molar-refractivity contribution is 0.477. The molecule has 3 nitrogen and oxygen atoms in total. The number of rotatable bonds is 3. The van der Waals surface area contributed by atoms with Crippen LogP contribution in [0.2, 0.25) is 0 Å². The number of halogens is 1. The van der Waals surface area contributed by atoms with E-state index in [9.17, 15) is 5.11 Å². The molecule has 5 heteroatoms. The minimum absolute atomic E-state index is 0.198. The van der Waals surface area contributed by atoms with E-state index in [1.54, 1.807) is 23.5 Å². The first kappa shape index (κ1) is 15.2. The van der Waals surface area contributed by atoms with E-state index in [1.807, 2.05) is 47.8 Å². The van der Waals surface area contributed by atoms with Gasteiger partial charge in [0.2, 0.25) is 0 Å². The molecule has 0 saturated carbocycles. The van der Waals surface area contributed by atoms with Crippen LogP contribution in [-0.4, -0.2) is 15.1 Å². The van der Waals surface area contributed by atoms with E-state index in [0.29, 0.717) is 11.4 Å². The van der Waals surface area contributed by atoms with Gasteiger partial charge in [0.25, 0.3) is 0 Å². The number of hydrogen-bond acceptors (Lipinski definition) is 3. The highest BCUT2D eigenvalue weighted by atomic mass is 79.9. The van der Waals surface area contributed by atoms with Crippen molar-refractivity contribution in [1.29, 1.82) is 0 Å². The Labute approximate surface area is 151 Å². The number of hydrogen-bond donors (Lipinski definition) is 2. The molecule has 2 N–H and O–H groups in total. The number of aromatic amines is 1. The Morgan fingerprint density at radius 3 is 2.58 bits per heavy atom. The molecule has 24 heavy (non-hydrogen) atoms. The van der Waals surface area contributed by atoms with Crippen LogP contribution < -0.4 is 0 Å². The number of aromatic nitrogens is 2. The second-order valence-corrected chi connectivity index (χ2v) is 7.18. The molecule has 0 fully saturated rings. The molecule has 0 unspecified atom stereocenters. The predicted octanol–water partition coefficient (Wildman–Crippen LogP) is 5.94. The summed E-state index contributed by atoms with van der Waals surface area (Å²) in [6, 6.07) is 19.5. The Hall–Kier alpha value is -2.37. The van der Waals surface area contributed by atoms with Crippen LogP contribution in [0.4, 0.5) is 0 Å². The highest BCUT2D eigenvalue weighted by Crippen LogP contribution is 2.37. The molecule has 118 valence electrons. The highest BCUT2D eigenvalue weighted by molar-refractivity contribution is 9.10. The summed E-state index contributed by atoms with van der Waals surface area (Å²) in [4.78, 5) is 9.28. The maximum absolute atomic E-state index is 10.2. The summed E-state index contributed by atoms with van der Waals surface area (Å²) in [6.07, 6.45) is 0. The van der Waals surface area contributed by atoms with Gasteiger partial charge >= 0.3 is 0 Å². The van der Waals surface area contributed by atoms with Crippen LogP contribution in [0.25, 0.3) is 33.2 Å². The van der Waals surface area contributed by atoms with E-state index < -0.39 is 0 Å². The Bertz CT molecular complexity index is 978. The fourth-order valence-electron chi connectivity index (χ4n) is 2.60. The first-order valence-electron chi connectivity index (χ1n) is 7.40. The summed E-state index contributed by atoms with van der Waals surface area (Å²) in [5, 5.41) is 12.3. The van der Waals surface area contributed by atoms with Gasteiger partial charge in [0.1, 0.15) is 11.6 Å². The van der Waals surface area contributed by atoms with Gasteiger partial charge < -0.3 is 10.1 Å². The number of nitrogens with zero attached hydrogens (tertiary/aromatic N) is 1. The van der Waals surface area contributed by atoms with Crippen molar-refractivity contribution in [3.63, 3.8) is 0 Å². The first-order chi connectivity index (χ1) is 11.7. The maximum atomic E-state index is 10.2. The average Bonchev–Trinajstić information content (AvgIpc) is 3.27. The zero-order chi connectivity index (χ0) is 16.5. The fourth-order valence-corrected chi connectivity index (χ4v) is 3.69. The third-order valence-electron chi connectivity index (χ3n) is 3.73. The number of phenolic OH excluding ortho intramolecular Hbond substituents is 1. The summed E-state index contributed by atoms with van der Waals surface area (Å²) in [5.74, 6) is 0.848. The molecule has 0 amide bonds. The first-order valence-corrected chi connectivity index (χ1v) is 9.08. The van der Waals surface area contributed by atoms with Crippen LogP contribution in [-0.2, 0) is 0 Å².